The Morgan fingerprint density at radius 3 is 1.81 bits per heavy atom. The summed E-state index contributed by atoms with van der Waals surface area (Å²) in [6.45, 7) is 0.509. The molecule has 8 heteroatoms. The number of rotatable bonds is 8. The third-order valence-electron chi connectivity index (χ3n) is 6.49. The van der Waals surface area contributed by atoms with Crippen LogP contribution in [0.5, 0.6) is 34.5 Å². The molecule has 0 radical (unpaired) electrons. The van der Waals surface area contributed by atoms with Crippen LogP contribution < -0.4 is 28.4 Å². The van der Waals surface area contributed by atoms with E-state index >= 15 is 0 Å². The van der Waals surface area contributed by atoms with E-state index in [1.54, 1.807) is 60.9 Å². The Kier molecular flexibility index (Phi) is 7.43. The van der Waals surface area contributed by atoms with E-state index in [1.807, 2.05) is 35.2 Å². The maximum absolute atomic E-state index is 13.9. The number of carbonyl (C=O) groups excluding carboxylic acids is 1. The Bertz CT molecular complexity index is 1260. The van der Waals surface area contributed by atoms with Crippen molar-refractivity contribution < 1.29 is 33.2 Å². The topological polar surface area (TPSA) is 75.7 Å². The molecule has 0 N–H and O–H groups in total. The first-order valence-electron chi connectivity index (χ1n) is 11.5. The van der Waals surface area contributed by atoms with Crippen LogP contribution in [0, 0.1) is 0 Å². The molecule has 190 valence electrons. The number of methoxy groups -OCH3 is 6. The van der Waals surface area contributed by atoms with Crippen LogP contribution in [0.15, 0.2) is 48.5 Å². The lowest BCUT2D eigenvalue weighted by Gasteiger charge is -2.38. The molecule has 0 saturated carbocycles. The van der Waals surface area contributed by atoms with Gasteiger partial charge in [-0.2, -0.15) is 0 Å². The number of ether oxygens (including phenoxy) is 6. The van der Waals surface area contributed by atoms with Gasteiger partial charge in [0.05, 0.1) is 48.7 Å². The highest BCUT2D eigenvalue weighted by atomic mass is 16.5. The second-order valence-corrected chi connectivity index (χ2v) is 8.24. The van der Waals surface area contributed by atoms with Crippen molar-refractivity contribution in [3.05, 3.63) is 70.8 Å². The van der Waals surface area contributed by atoms with Gasteiger partial charge in [-0.15, -0.1) is 0 Å². The quantitative estimate of drug-likeness (QED) is 0.457. The molecule has 1 heterocycles. The van der Waals surface area contributed by atoms with E-state index in [9.17, 15) is 4.79 Å². The van der Waals surface area contributed by atoms with Crippen molar-refractivity contribution in [2.75, 3.05) is 49.2 Å². The average molecular weight is 494 g/mol. The van der Waals surface area contributed by atoms with Crippen molar-refractivity contribution >= 4 is 5.91 Å². The lowest BCUT2D eigenvalue weighted by atomic mass is 9.87. The molecule has 3 aromatic rings. The second kappa shape index (κ2) is 10.7. The zero-order valence-electron chi connectivity index (χ0n) is 21.4. The lowest BCUT2D eigenvalue weighted by Crippen LogP contribution is -2.40. The van der Waals surface area contributed by atoms with Gasteiger partial charge in [0.25, 0.3) is 5.91 Å². The van der Waals surface area contributed by atoms with Crippen LogP contribution in [0.25, 0.3) is 0 Å². The van der Waals surface area contributed by atoms with E-state index in [4.69, 9.17) is 28.4 Å². The molecular formula is C28H31NO7. The lowest BCUT2D eigenvalue weighted by molar-refractivity contribution is 0.0693. The Balaban J connectivity index is 1.87. The molecule has 0 aliphatic carbocycles. The largest absolute Gasteiger partial charge is 0.493 e. The molecule has 1 aliphatic heterocycles. The molecule has 0 unspecified atom stereocenters. The van der Waals surface area contributed by atoms with Crippen molar-refractivity contribution in [3.63, 3.8) is 0 Å². The van der Waals surface area contributed by atoms with Crippen molar-refractivity contribution in [2.45, 2.75) is 12.5 Å². The number of nitrogens with zero attached hydrogens (tertiary/aromatic N) is 1. The fourth-order valence-corrected chi connectivity index (χ4v) is 4.68. The summed E-state index contributed by atoms with van der Waals surface area (Å²) in [5.74, 6) is 3.38. The fourth-order valence-electron chi connectivity index (χ4n) is 4.68. The summed E-state index contributed by atoms with van der Waals surface area (Å²) in [4.78, 5) is 15.8. The van der Waals surface area contributed by atoms with Crippen LogP contribution in [0.1, 0.15) is 33.1 Å². The summed E-state index contributed by atoms with van der Waals surface area (Å²) in [7, 11) is 9.52. The van der Waals surface area contributed by atoms with Crippen LogP contribution in [0.2, 0.25) is 0 Å². The standard InChI is InChI=1S/C28H31NO7/c1-31-21-9-7-18(14-23(21)33-3)27-20-16-26(36-6)25(35-5)13-17(20)11-12-29(27)28(30)19-8-10-22(32-2)24(15-19)34-4/h7-10,13-16,27H,11-12H2,1-6H3/t27-/m1/s1. The second-order valence-electron chi connectivity index (χ2n) is 8.24. The molecule has 1 atom stereocenters. The van der Waals surface area contributed by atoms with Crippen LogP contribution in [0.3, 0.4) is 0 Å². The average Bonchev–Trinajstić information content (AvgIpc) is 2.94. The van der Waals surface area contributed by atoms with E-state index in [-0.39, 0.29) is 5.91 Å². The number of amides is 1. The third kappa shape index (κ3) is 4.46. The van der Waals surface area contributed by atoms with Crippen molar-refractivity contribution in [3.8, 4) is 34.5 Å². The molecule has 0 aromatic heterocycles. The van der Waals surface area contributed by atoms with Gasteiger partial charge in [0.15, 0.2) is 34.5 Å². The minimum absolute atomic E-state index is 0.129. The van der Waals surface area contributed by atoms with E-state index < -0.39 is 6.04 Å². The molecule has 36 heavy (non-hydrogen) atoms. The molecule has 0 fully saturated rings. The Hall–Kier alpha value is -4.07. The molecule has 0 bridgehead atoms. The van der Waals surface area contributed by atoms with Crippen LogP contribution in [-0.2, 0) is 6.42 Å². The monoisotopic (exact) mass is 493 g/mol. The maximum atomic E-state index is 13.9. The van der Waals surface area contributed by atoms with Gasteiger partial charge in [-0.1, -0.05) is 6.07 Å². The van der Waals surface area contributed by atoms with E-state index in [2.05, 4.69) is 0 Å². The van der Waals surface area contributed by atoms with Gasteiger partial charge < -0.3 is 33.3 Å². The fraction of sp³-hybridized carbons (Fsp3) is 0.321. The normalized spacial score (nSPS) is 14.5. The number of hydrogen-bond donors (Lipinski definition) is 0. The smallest absolute Gasteiger partial charge is 0.254 e. The predicted octanol–water partition coefficient (Wildman–Crippen LogP) is 4.53. The third-order valence-corrected chi connectivity index (χ3v) is 6.49. The highest BCUT2D eigenvalue weighted by Gasteiger charge is 2.34. The predicted molar refractivity (Wildman–Crippen MR) is 135 cm³/mol. The summed E-state index contributed by atoms with van der Waals surface area (Å²) in [5, 5.41) is 0. The van der Waals surface area contributed by atoms with E-state index in [0.29, 0.717) is 53.0 Å². The molecular weight excluding hydrogens is 462 g/mol. The highest BCUT2D eigenvalue weighted by Crippen LogP contribution is 2.43. The van der Waals surface area contributed by atoms with Gasteiger partial charge in [0.1, 0.15) is 0 Å². The number of fused-ring (bicyclic) bond motifs is 1. The van der Waals surface area contributed by atoms with E-state index in [1.165, 1.54) is 0 Å². The SMILES string of the molecule is COc1ccc(C(=O)N2CCc3cc(OC)c(OC)cc3[C@H]2c2ccc(OC)c(OC)c2)cc1OC. The van der Waals surface area contributed by atoms with Crippen molar-refractivity contribution in [2.24, 2.45) is 0 Å². The van der Waals surface area contributed by atoms with Gasteiger partial charge in [0.2, 0.25) is 0 Å². The number of benzene rings is 3. The summed E-state index contributed by atoms with van der Waals surface area (Å²) in [6, 6.07) is 14.4. The van der Waals surface area contributed by atoms with Gasteiger partial charge in [-0.25, -0.2) is 0 Å². The van der Waals surface area contributed by atoms with Crippen LogP contribution in [-0.4, -0.2) is 60.0 Å². The molecule has 8 nitrogen and oxygen atoms in total. The van der Waals surface area contributed by atoms with E-state index in [0.717, 1.165) is 16.7 Å². The minimum Gasteiger partial charge on any atom is -0.493 e. The first kappa shape index (κ1) is 25.0. The minimum atomic E-state index is -0.394. The van der Waals surface area contributed by atoms with Gasteiger partial charge in [-0.05, 0) is 65.6 Å². The highest BCUT2D eigenvalue weighted by molar-refractivity contribution is 5.95. The van der Waals surface area contributed by atoms with Crippen LogP contribution >= 0.6 is 0 Å². The number of carbonyl (C=O) groups is 1. The van der Waals surface area contributed by atoms with Gasteiger partial charge >= 0.3 is 0 Å². The Labute approximate surface area is 211 Å². The Morgan fingerprint density at radius 1 is 0.667 bits per heavy atom. The molecule has 4 rings (SSSR count). The zero-order chi connectivity index (χ0) is 25.8. The number of hydrogen-bond acceptors (Lipinski definition) is 7. The summed E-state index contributed by atoms with van der Waals surface area (Å²) < 4.78 is 32.9. The molecule has 0 saturated heterocycles. The molecule has 3 aromatic carbocycles. The van der Waals surface area contributed by atoms with Gasteiger partial charge in [0, 0.05) is 12.1 Å². The van der Waals surface area contributed by atoms with Crippen molar-refractivity contribution in [1.29, 1.82) is 0 Å². The van der Waals surface area contributed by atoms with Crippen molar-refractivity contribution in [1.82, 2.24) is 4.90 Å². The molecule has 0 spiro atoms. The molecule has 1 amide bonds. The Morgan fingerprint density at radius 2 is 1.19 bits per heavy atom. The molecule has 1 aliphatic rings. The summed E-state index contributed by atoms with van der Waals surface area (Å²) in [5.41, 5.74) is 3.43. The first-order valence-corrected chi connectivity index (χ1v) is 11.5. The summed E-state index contributed by atoms with van der Waals surface area (Å²) in [6.07, 6.45) is 0.665. The maximum Gasteiger partial charge on any atom is 0.254 e. The van der Waals surface area contributed by atoms with Crippen LogP contribution in [0.4, 0.5) is 0 Å². The first-order chi connectivity index (χ1) is 17.5. The zero-order valence-corrected chi connectivity index (χ0v) is 21.4. The van der Waals surface area contributed by atoms with Gasteiger partial charge in [-0.3, -0.25) is 4.79 Å². The summed E-state index contributed by atoms with van der Waals surface area (Å²) >= 11 is 0.